The third-order valence-corrected chi connectivity index (χ3v) is 2.54. The molecule has 0 aliphatic carbocycles. The van der Waals surface area contributed by atoms with Crippen LogP contribution in [0.4, 0.5) is 0 Å². The summed E-state index contributed by atoms with van der Waals surface area (Å²) in [5.74, 6) is -0.0862. The molecule has 1 saturated heterocycles. The molecule has 4 nitrogen and oxygen atoms in total. The Morgan fingerprint density at radius 3 is 2.60 bits per heavy atom. The Bertz CT molecular complexity index is 334. The molecule has 1 aliphatic heterocycles. The predicted octanol–water partition coefficient (Wildman–Crippen LogP) is 0.854. The lowest BCUT2D eigenvalue weighted by molar-refractivity contribution is -0.157. The molecule has 15 heavy (non-hydrogen) atoms. The number of ether oxygens (including phenoxy) is 3. The molecular weight excluding hydrogens is 194 g/mol. The molecule has 1 heterocycles. The van der Waals surface area contributed by atoms with Crippen molar-refractivity contribution < 1.29 is 14.2 Å². The van der Waals surface area contributed by atoms with E-state index in [9.17, 15) is 0 Å². The molecule has 0 amide bonds. The van der Waals surface area contributed by atoms with E-state index in [2.05, 4.69) is 0 Å². The van der Waals surface area contributed by atoms with Crippen LogP contribution in [0.2, 0.25) is 0 Å². The van der Waals surface area contributed by atoms with Crippen LogP contribution in [0.25, 0.3) is 0 Å². The zero-order valence-corrected chi connectivity index (χ0v) is 8.73. The molecule has 0 atom stereocenters. The first-order valence-electron chi connectivity index (χ1n) is 4.94. The van der Waals surface area contributed by atoms with Gasteiger partial charge in [-0.3, -0.25) is 0 Å². The van der Waals surface area contributed by atoms with Crippen LogP contribution in [0, 0.1) is 0 Å². The molecule has 1 fully saturated rings. The molecule has 0 spiro atoms. The number of hydrogen-bond donors (Lipinski definition) is 1. The quantitative estimate of drug-likeness (QED) is 0.802. The Morgan fingerprint density at radius 1 is 1.33 bits per heavy atom. The zero-order valence-electron chi connectivity index (χ0n) is 8.73. The van der Waals surface area contributed by atoms with E-state index in [-0.39, 0.29) is 6.54 Å². The first-order chi connectivity index (χ1) is 7.32. The molecule has 1 aromatic rings. The highest BCUT2D eigenvalue weighted by atomic mass is 16.7. The summed E-state index contributed by atoms with van der Waals surface area (Å²) in [6.07, 6.45) is 0. The Hall–Kier alpha value is -1.10. The van der Waals surface area contributed by atoms with E-state index >= 15 is 0 Å². The van der Waals surface area contributed by atoms with Gasteiger partial charge in [-0.2, -0.15) is 0 Å². The summed E-state index contributed by atoms with van der Waals surface area (Å²) in [5, 5.41) is 0. The van der Waals surface area contributed by atoms with Crippen molar-refractivity contribution in [2.45, 2.75) is 5.79 Å². The van der Waals surface area contributed by atoms with Crippen molar-refractivity contribution in [2.24, 2.45) is 5.73 Å². The summed E-state index contributed by atoms with van der Waals surface area (Å²) < 4.78 is 16.5. The Kier molecular flexibility index (Phi) is 2.90. The highest BCUT2D eigenvalue weighted by Crippen LogP contribution is 2.36. The molecule has 1 aromatic carbocycles. The van der Waals surface area contributed by atoms with Crippen LogP contribution in [0.1, 0.15) is 5.56 Å². The summed E-state index contributed by atoms with van der Waals surface area (Å²) in [6, 6.07) is 7.61. The van der Waals surface area contributed by atoms with Crippen molar-refractivity contribution in [3.63, 3.8) is 0 Å². The third-order valence-electron chi connectivity index (χ3n) is 2.54. The maximum Gasteiger partial charge on any atom is 0.211 e. The van der Waals surface area contributed by atoms with Crippen molar-refractivity contribution >= 4 is 0 Å². The molecular formula is C11H15NO3. The van der Waals surface area contributed by atoms with E-state index in [1.54, 1.807) is 7.11 Å². The summed E-state index contributed by atoms with van der Waals surface area (Å²) in [6.45, 7) is 1.41. The third kappa shape index (κ3) is 1.71. The monoisotopic (exact) mass is 209 g/mol. The lowest BCUT2D eigenvalue weighted by Crippen LogP contribution is -2.36. The second kappa shape index (κ2) is 4.18. The van der Waals surface area contributed by atoms with Gasteiger partial charge in [0.05, 0.1) is 32.4 Å². The van der Waals surface area contributed by atoms with Gasteiger partial charge in [0.2, 0.25) is 5.79 Å². The van der Waals surface area contributed by atoms with Crippen LogP contribution < -0.4 is 10.5 Å². The van der Waals surface area contributed by atoms with Gasteiger partial charge in [-0.25, -0.2) is 0 Å². The van der Waals surface area contributed by atoms with Crippen molar-refractivity contribution in [1.29, 1.82) is 0 Å². The zero-order chi connectivity index (χ0) is 10.7. The maximum atomic E-state index is 5.72. The number of rotatable bonds is 3. The van der Waals surface area contributed by atoms with E-state index in [0.717, 1.165) is 11.3 Å². The molecule has 82 valence electrons. The normalized spacial score (nSPS) is 19.1. The van der Waals surface area contributed by atoms with Gasteiger partial charge in [-0.05, 0) is 12.1 Å². The largest absolute Gasteiger partial charge is 0.496 e. The molecule has 0 bridgehead atoms. The predicted molar refractivity (Wildman–Crippen MR) is 55.6 cm³/mol. The highest BCUT2D eigenvalue weighted by Gasteiger charge is 2.39. The molecule has 0 unspecified atom stereocenters. The van der Waals surface area contributed by atoms with Crippen LogP contribution in [0.5, 0.6) is 5.75 Å². The van der Waals surface area contributed by atoms with Crippen LogP contribution in [0.3, 0.4) is 0 Å². The highest BCUT2D eigenvalue weighted by molar-refractivity contribution is 5.37. The lowest BCUT2D eigenvalue weighted by Gasteiger charge is -2.27. The second-order valence-corrected chi connectivity index (χ2v) is 3.35. The minimum absolute atomic E-state index is 0.285. The fourth-order valence-electron chi connectivity index (χ4n) is 1.80. The fraction of sp³-hybridized carbons (Fsp3) is 0.455. The van der Waals surface area contributed by atoms with E-state index in [1.165, 1.54) is 0 Å². The van der Waals surface area contributed by atoms with E-state index in [1.807, 2.05) is 24.3 Å². The minimum atomic E-state index is -0.827. The summed E-state index contributed by atoms with van der Waals surface area (Å²) in [4.78, 5) is 0. The van der Waals surface area contributed by atoms with Crippen molar-refractivity contribution in [2.75, 3.05) is 26.9 Å². The van der Waals surface area contributed by atoms with Gasteiger partial charge in [0.1, 0.15) is 5.75 Å². The van der Waals surface area contributed by atoms with E-state index in [4.69, 9.17) is 19.9 Å². The number of nitrogens with two attached hydrogens (primary N) is 1. The SMILES string of the molecule is COc1ccccc1C1(CN)OCCO1. The average molecular weight is 209 g/mol. The van der Waals surface area contributed by atoms with Gasteiger partial charge < -0.3 is 19.9 Å². The number of methoxy groups -OCH3 is 1. The Labute approximate surface area is 88.9 Å². The first kappa shape index (κ1) is 10.4. The summed E-state index contributed by atoms with van der Waals surface area (Å²) in [7, 11) is 1.62. The Balaban J connectivity index is 2.41. The van der Waals surface area contributed by atoms with Crippen LogP contribution in [-0.4, -0.2) is 26.9 Å². The summed E-state index contributed by atoms with van der Waals surface area (Å²) in [5.41, 5.74) is 6.57. The van der Waals surface area contributed by atoms with Gasteiger partial charge in [-0.1, -0.05) is 12.1 Å². The number of hydrogen-bond acceptors (Lipinski definition) is 4. The van der Waals surface area contributed by atoms with E-state index < -0.39 is 5.79 Å². The fourth-order valence-corrected chi connectivity index (χ4v) is 1.80. The summed E-state index contributed by atoms with van der Waals surface area (Å²) >= 11 is 0. The molecule has 2 rings (SSSR count). The minimum Gasteiger partial charge on any atom is -0.496 e. The van der Waals surface area contributed by atoms with Crippen LogP contribution in [0.15, 0.2) is 24.3 Å². The van der Waals surface area contributed by atoms with Crippen LogP contribution in [-0.2, 0) is 15.3 Å². The number of para-hydroxylation sites is 1. The standard InChI is InChI=1S/C11H15NO3/c1-13-10-5-3-2-4-9(10)11(8-12)14-6-7-15-11/h2-5H,6-8,12H2,1H3. The smallest absolute Gasteiger partial charge is 0.211 e. The topological polar surface area (TPSA) is 53.7 Å². The van der Waals surface area contributed by atoms with Gasteiger partial charge in [0.25, 0.3) is 0 Å². The Morgan fingerprint density at radius 2 is 2.00 bits per heavy atom. The van der Waals surface area contributed by atoms with Gasteiger partial charge in [0.15, 0.2) is 0 Å². The molecule has 0 aromatic heterocycles. The number of benzene rings is 1. The van der Waals surface area contributed by atoms with E-state index in [0.29, 0.717) is 13.2 Å². The molecule has 2 N–H and O–H groups in total. The first-order valence-corrected chi connectivity index (χ1v) is 4.94. The van der Waals surface area contributed by atoms with Crippen molar-refractivity contribution in [3.05, 3.63) is 29.8 Å². The van der Waals surface area contributed by atoms with Crippen molar-refractivity contribution in [3.8, 4) is 5.75 Å². The average Bonchev–Trinajstić information content (AvgIpc) is 2.79. The van der Waals surface area contributed by atoms with Gasteiger partial charge in [-0.15, -0.1) is 0 Å². The van der Waals surface area contributed by atoms with Gasteiger partial charge >= 0.3 is 0 Å². The van der Waals surface area contributed by atoms with Crippen LogP contribution >= 0.6 is 0 Å². The lowest BCUT2D eigenvalue weighted by atomic mass is 10.0. The molecule has 0 saturated carbocycles. The maximum absolute atomic E-state index is 5.72. The molecule has 1 aliphatic rings. The molecule has 4 heteroatoms. The molecule has 0 radical (unpaired) electrons. The second-order valence-electron chi connectivity index (χ2n) is 3.35. The van der Waals surface area contributed by atoms with Crippen molar-refractivity contribution in [1.82, 2.24) is 0 Å². The van der Waals surface area contributed by atoms with Gasteiger partial charge in [0, 0.05) is 0 Å².